The van der Waals surface area contributed by atoms with Crippen molar-refractivity contribution in [2.45, 2.75) is 31.0 Å². The van der Waals surface area contributed by atoms with Crippen LogP contribution in [-0.4, -0.2) is 49.0 Å². The average Bonchev–Trinajstić information content (AvgIpc) is 2.70. The molecule has 0 aromatic carbocycles. The molecular weight excluding hydrogens is 197 g/mol. The summed E-state index contributed by atoms with van der Waals surface area (Å²) in [6.45, 7) is 5.04. The van der Waals surface area contributed by atoms with Gasteiger partial charge in [-0.05, 0) is 26.1 Å². The highest BCUT2D eigenvalue weighted by Gasteiger charge is 2.49. The van der Waals surface area contributed by atoms with Crippen LogP contribution in [0, 0.1) is 5.41 Å². The SMILES string of the molecule is C=NC(=N)OC[C@@]12CCCN1C[C@H](F)C2. The maximum atomic E-state index is 13.3. The molecule has 1 N–H and O–H groups in total. The number of fused-ring (bicyclic) bond motifs is 1. The van der Waals surface area contributed by atoms with Gasteiger partial charge in [0.05, 0.1) is 5.54 Å². The largest absolute Gasteiger partial charge is 0.462 e. The van der Waals surface area contributed by atoms with E-state index in [9.17, 15) is 4.39 Å². The zero-order chi connectivity index (χ0) is 10.9. The van der Waals surface area contributed by atoms with E-state index >= 15 is 0 Å². The van der Waals surface area contributed by atoms with Gasteiger partial charge in [0.25, 0.3) is 0 Å². The fraction of sp³-hybridized carbons (Fsp3) is 0.800. The number of amidine groups is 1. The fourth-order valence-corrected chi connectivity index (χ4v) is 2.70. The zero-order valence-corrected chi connectivity index (χ0v) is 8.71. The van der Waals surface area contributed by atoms with Gasteiger partial charge in [-0.1, -0.05) is 0 Å². The van der Waals surface area contributed by atoms with Gasteiger partial charge in [-0.3, -0.25) is 4.90 Å². The van der Waals surface area contributed by atoms with Crippen molar-refractivity contribution >= 4 is 12.7 Å². The van der Waals surface area contributed by atoms with Gasteiger partial charge in [-0.15, -0.1) is 0 Å². The molecular formula is C10H16FN3O. The summed E-state index contributed by atoms with van der Waals surface area (Å²) in [5.41, 5.74) is -0.184. The molecule has 2 aliphatic rings. The van der Waals surface area contributed by atoms with Crippen molar-refractivity contribution in [1.82, 2.24) is 4.90 Å². The third-order valence-electron chi connectivity index (χ3n) is 3.38. The molecule has 2 fully saturated rings. The number of hydrogen-bond donors (Lipinski definition) is 1. The predicted molar refractivity (Wildman–Crippen MR) is 56.3 cm³/mol. The van der Waals surface area contributed by atoms with Gasteiger partial charge in [0.15, 0.2) is 0 Å². The van der Waals surface area contributed by atoms with Crippen LogP contribution in [0.3, 0.4) is 0 Å². The highest BCUT2D eigenvalue weighted by atomic mass is 19.1. The van der Waals surface area contributed by atoms with Crippen LogP contribution in [0.5, 0.6) is 0 Å². The summed E-state index contributed by atoms with van der Waals surface area (Å²) in [5.74, 6) is 0. The maximum Gasteiger partial charge on any atom is 0.308 e. The van der Waals surface area contributed by atoms with E-state index in [-0.39, 0.29) is 11.6 Å². The van der Waals surface area contributed by atoms with Gasteiger partial charge >= 0.3 is 6.02 Å². The molecule has 2 heterocycles. The first-order valence-corrected chi connectivity index (χ1v) is 5.23. The molecule has 15 heavy (non-hydrogen) atoms. The molecule has 0 unspecified atom stereocenters. The van der Waals surface area contributed by atoms with Crippen molar-refractivity contribution in [3.05, 3.63) is 0 Å². The summed E-state index contributed by atoms with van der Waals surface area (Å²) in [4.78, 5) is 5.53. The van der Waals surface area contributed by atoms with Crippen molar-refractivity contribution in [1.29, 1.82) is 5.41 Å². The Bertz CT molecular complexity index is 284. The predicted octanol–water partition coefficient (Wildman–Crippen LogP) is 1.21. The Morgan fingerprint density at radius 1 is 1.73 bits per heavy atom. The molecule has 5 heteroatoms. The van der Waals surface area contributed by atoms with Crippen molar-refractivity contribution in [2.75, 3.05) is 19.7 Å². The summed E-state index contributed by atoms with van der Waals surface area (Å²) >= 11 is 0. The maximum absolute atomic E-state index is 13.3. The van der Waals surface area contributed by atoms with Crippen LogP contribution < -0.4 is 0 Å². The molecule has 0 spiro atoms. The third-order valence-corrected chi connectivity index (χ3v) is 3.38. The summed E-state index contributed by atoms with van der Waals surface area (Å²) in [6.07, 6.45) is 1.82. The lowest BCUT2D eigenvalue weighted by Gasteiger charge is -2.30. The van der Waals surface area contributed by atoms with E-state index in [1.807, 2.05) is 0 Å². The first kappa shape index (κ1) is 10.5. The quantitative estimate of drug-likeness (QED) is 0.553. The second kappa shape index (κ2) is 3.89. The number of nitrogens with zero attached hydrogens (tertiary/aromatic N) is 2. The van der Waals surface area contributed by atoms with Crippen molar-refractivity contribution in [2.24, 2.45) is 4.99 Å². The Kier molecular flexibility index (Phi) is 2.73. The number of rotatable bonds is 2. The highest BCUT2D eigenvalue weighted by Crippen LogP contribution is 2.40. The van der Waals surface area contributed by atoms with Crippen LogP contribution >= 0.6 is 0 Å². The van der Waals surface area contributed by atoms with Gasteiger partial charge in [-0.25, -0.2) is 14.8 Å². The molecule has 2 saturated heterocycles. The van der Waals surface area contributed by atoms with Crippen molar-refractivity contribution < 1.29 is 9.13 Å². The summed E-state index contributed by atoms with van der Waals surface area (Å²) < 4.78 is 18.5. The minimum Gasteiger partial charge on any atom is -0.462 e. The van der Waals surface area contributed by atoms with Crippen LogP contribution in [0.1, 0.15) is 19.3 Å². The molecule has 0 aromatic heterocycles. The molecule has 0 aliphatic carbocycles. The molecule has 0 saturated carbocycles. The number of nitrogens with one attached hydrogen (secondary N) is 1. The number of alkyl halides is 1. The standard InChI is InChI=1S/C10H16FN3O/c1-13-9(12)15-7-10-3-2-4-14(10)6-8(11)5-10/h8,12H,1-7H2/t8-,10+/m1/s1. The molecule has 0 aromatic rings. The normalized spacial score (nSPS) is 35.1. The molecule has 0 radical (unpaired) electrons. The van der Waals surface area contributed by atoms with Crippen LogP contribution in [0.4, 0.5) is 4.39 Å². The Labute approximate surface area is 88.6 Å². The minimum atomic E-state index is -0.750. The topological polar surface area (TPSA) is 48.7 Å². The lowest BCUT2D eigenvalue weighted by Crippen LogP contribution is -2.42. The van der Waals surface area contributed by atoms with E-state index < -0.39 is 6.17 Å². The summed E-state index contributed by atoms with van der Waals surface area (Å²) in [6, 6.07) is -0.168. The first-order chi connectivity index (χ1) is 7.16. The van der Waals surface area contributed by atoms with Crippen LogP contribution in [0.15, 0.2) is 4.99 Å². The molecule has 0 bridgehead atoms. The van der Waals surface area contributed by atoms with E-state index in [2.05, 4.69) is 16.6 Å². The minimum absolute atomic E-state index is 0.168. The Morgan fingerprint density at radius 2 is 2.53 bits per heavy atom. The van der Waals surface area contributed by atoms with Crippen LogP contribution in [-0.2, 0) is 4.74 Å². The lowest BCUT2D eigenvalue weighted by atomic mass is 9.95. The van der Waals surface area contributed by atoms with Gasteiger partial charge < -0.3 is 4.74 Å². The number of ether oxygens (including phenoxy) is 1. The molecule has 4 nitrogen and oxygen atoms in total. The van der Waals surface area contributed by atoms with E-state index in [0.29, 0.717) is 19.6 Å². The fourth-order valence-electron chi connectivity index (χ4n) is 2.70. The van der Waals surface area contributed by atoms with Gasteiger partial charge in [-0.2, -0.15) is 0 Å². The number of aliphatic imine (C=N–C) groups is 1. The van der Waals surface area contributed by atoms with E-state index in [1.165, 1.54) is 0 Å². The molecule has 2 atom stereocenters. The second-order valence-electron chi connectivity index (χ2n) is 4.33. The highest BCUT2D eigenvalue weighted by molar-refractivity contribution is 5.75. The Hall–Kier alpha value is -0.970. The van der Waals surface area contributed by atoms with Crippen molar-refractivity contribution in [3.8, 4) is 0 Å². The van der Waals surface area contributed by atoms with Crippen LogP contribution in [0.2, 0.25) is 0 Å². The van der Waals surface area contributed by atoms with E-state index in [0.717, 1.165) is 19.4 Å². The van der Waals surface area contributed by atoms with Crippen LogP contribution in [0.25, 0.3) is 0 Å². The zero-order valence-electron chi connectivity index (χ0n) is 8.71. The molecule has 2 aliphatic heterocycles. The number of halogens is 1. The van der Waals surface area contributed by atoms with Gasteiger partial charge in [0.2, 0.25) is 0 Å². The molecule has 2 rings (SSSR count). The first-order valence-electron chi connectivity index (χ1n) is 5.23. The van der Waals surface area contributed by atoms with Crippen molar-refractivity contribution in [3.63, 3.8) is 0 Å². The summed E-state index contributed by atoms with van der Waals surface area (Å²) in [5, 5.41) is 7.24. The monoisotopic (exact) mass is 213 g/mol. The Morgan fingerprint density at radius 3 is 3.27 bits per heavy atom. The molecule has 0 amide bonds. The third kappa shape index (κ3) is 1.88. The number of hydrogen-bond acceptors (Lipinski definition) is 3. The van der Waals surface area contributed by atoms with E-state index in [4.69, 9.17) is 10.1 Å². The average molecular weight is 213 g/mol. The van der Waals surface area contributed by atoms with Gasteiger partial charge in [0, 0.05) is 13.0 Å². The lowest BCUT2D eigenvalue weighted by molar-refractivity contribution is 0.105. The van der Waals surface area contributed by atoms with Gasteiger partial charge in [0.1, 0.15) is 12.8 Å². The molecule has 84 valence electrons. The van der Waals surface area contributed by atoms with E-state index in [1.54, 1.807) is 0 Å². The Balaban J connectivity index is 1.98. The second-order valence-corrected chi connectivity index (χ2v) is 4.33. The summed E-state index contributed by atoms with van der Waals surface area (Å²) in [7, 11) is 0. The smallest absolute Gasteiger partial charge is 0.308 e.